The van der Waals surface area contributed by atoms with Gasteiger partial charge in [-0.05, 0) is 0 Å². The molecule has 9 heteroatoms. The fourth-order valence-electron chi connectivity index (χ4n) is 0.964. The molecule has 0 N–H and O–H groups in total. The van der Waals surface area contributed by atoms with Crippen LogP contribution in [0.25, 0.3) is 0 Å². The molecule has 0 saturated carbocycles. The van der Waals surface area contributed by atoms with Gasteiger partial charge in [-0.25, -0.2) is 0 Å². The van der Waals surface area contributed by atoms with Crippen molar-refractivity contribution in [2.75, 3.05) is 36.2 Å². The summed E-state index contributed by atoms with van der Waals surface area (Å²) < 4.78 is 9.92. The van der Waals surface area contributed by atoms with Gasteiger partial charge in [-0.2, -0.15) is 0 Å². The number of hydrogen-bond acceptors (Lipinski definition) is 8. The maximum atomic E-state index is 11.4. The van der Waals surface area contributed by atoms with E-state index in [-0.39, 0.29) is 17.7 Å². The Labute approximate surface area is 135 Å². The van der Waals surface area contributed by atoms with E-state index < -0.39 is 15.6 Å². The van der Waals surface area contributed by atoms with Crippen molar-refractivity contribution in [2.45, 2.75) is 9.88 Å². The molecule has 0 aliphatic heterocycles. The molecule has 0 rings (SSSR count). The first-order valence-corrected chi connectivity index (χ1v) is 21.7. The normalized spacial score (nSPS) is 11.2. The Hall–Kier alpha value is 1.14. The van der Waals surface area contributed by atoms with Gasteiger partial charge >= 0.3 is 136 Å². The number of hydrogen-bond donors (Lipinski definition) is 2. The molecule has 0 bridgehead atoms. The van der Waals surface area contributed by atoms with Gasteiger partial charge < -0.3 is 0 Å². The van der Waals surface area contributed by atoms with Gasteiger partial charge in [0.2, 0.25) is 0 Å². The van der Waals surface area contributed by atoms with Gasteiger partial charge in [-0.1, -0.05) is 0 Å². The van der Waals surface area contributed by atoms with Crippen LogP contribution < -0.4 is 0 Å². The topological polar surface area (TPSA) is 52.6 Å². The fraction of sp³-hybridized carbons (Fsp3) is 0.800. The van der Waals surface area contributed by atoms with E-state index in [0.29, 0.717) is 24.7 Å². The summed E-state index contributed by atoms with van der Waals surface area (Å²) in [4.78, 5) is 26.7. The van der Waals surface area contributed by atoms with Crippen LogP contribution in [0, 0.1) is 0 Å². The van der Waals surface area contributed by atoms with Gasteiger partial charge in [0.25, 0.3) is 0 Å². The zero-order chi connectivity index (χ0) is 14.7. The van der Waals surface area contributed by atoms with Crippen molar-refractivity contribution in [3.63, 3.8) is 0 Å². The Morgan fingerprint density at radius 3 is 2.26 bits per heavy atom. The Bertz CT molecular complexity index is 289. The zero-order valence-electron chi connectivity index (χ0n) is 11.1. The predicted octanol–water partition coefficient (Wildman–Crippen LogP) is 2.10. The molecular formula is C10H20O4S4Sn. The van der Waals surface area contributed by atoms with Crippen LogP contribution in [0.4, 0.5) is 0 Å². The summed E-state index contributed by atoms with van der Waals surface area (Å²) in [6.07, 6.45) is 0. The number of ether oxygens (including phenoxy) is 2. The van der Waals surface area contributed by atoms with Crippen LogP contribution in [-0.4, -0.2) is 63.8 Å². The molecule has 0 aliphatic rings. The number of esters is 2. The summed E-state index contributed by atoms with van der Waals surface area (Å²) in [5.41, 5.74) is 0. The van der Waals surface area contributed by atoms with Crippen LogP contribution in [-0.2, 0) is 19.1 Å². The van der Waals surface area contributed by atoms with E-state index in [4.69, 9.17) is 9.47 Å². The van der Waals surface area contributed by atoms with E-state index in [2.05, 4.69) is 35.1 Å². The van der Waals surface area contributed by atoms with Crippen LogP contribution in [0.1, 0.15) is 0 Å². The Kier molecular flexibility index (Phi) is 12.5. The Balaban J connectivity index is 3.73. The average Bonchev–Trinajstić information content (AvgIpc) is 2.38. The van der Waals surface area contributed by atoms with E-state index >= 15 is 0 Å². The van der Waals surface area contributed by atoms with Gasteiger partial charge in [-0.15, -0.1) is 0 Å². The molecule has 0 saturated heterocycles. The van der Waals surface area contributed by atoms with Crippen molar-refractivity contribution in [3.8, 4) is 0 Å². The molecule has 0 fully saturated rings. The second kappa shape index (κ2) is 11.8. The van der Waals surface area contributed by atoms with E-state index in [1.165, 1.54) is 0 Å². The van der Waals surface area contributed by atoms with Gasteiger partial charge in [-0.3, -0.25) is 0 Å². The predicted molar refractivity (Wildman–Crippen MR) is 92.0 cm³/mol. The van der Waals surface area contributed by atoms with Gasteiger partial charge in [0.15, 0.2) is 0 Å². The monoisotopic (exact) mass is 452 g/mol. The Morgan fingerprint density at radius 1 is 1.05 bits per heavy atom. The maximum absolute atomic E-state index is 11.4. The molecule has 4 nitrogen and oxygen atoms in total. The van der Waals surface area contributed by atoms with Gasteiger partial charge in [0.1, 0.15) is 0 Å². The molecule has 0 aliphatic carbocycles. The third-order valence-corrected chi connectivity index (χ3v) is 24.0. The number of thiol groups is 2. The second-order valence-corrected chi connectivity index (χ2v) is 34.3. The number of carbonyl (C=O) groups excluding carboxylic acids is 2. The van der Waals surface area contributed by atoms with Crippen molar-refractivity contribution < 1.29 is 19.1 Å². The summed E-state index contributed by atoms with van der Waals surface area (Å²) in [6, 6.07) is 0. The molecule has 0 atom stereocenters. The zero-order valence-corrected chi connectivity index (χ0v) is 17.4. The number of rotatable bonds is 10. The third-order valence-electron chi connectivity index (χ3n) is 1.82. The summed E-state index contributed by atoms with van der Waals surface area (Å²) in [5, 5.41) is 0. The SMILES string of the molecule is [CH3][Sn]([CH3])([S]CCOC(=O)CS)[S]CC(=O)OCCS. The van der Waals surface area contributed by atoms with Crippen molar-refractivity contribution >= 4 is 70.7 Å². The summed E-state index contributed by atoms with van der Waals surface area (Å²) in [5.74, 6) is 1.38. The Morgan fingerprint density at radius 2 is 1.68 bits per heavy atom. The first-order chi connectivity index (χ1) is 8.91. The quantitative estimate of drug-likeness (QED) is 0.230. The minimum atomic E-state index is -2.33. The molecule has 0 aromatic heterocycles. The van der Waals surface area contributed by atoms with Crippen LogP contribution in [0.5, 0.6) is 0 Å². The molecule has 0 heterocycles. The molecule has 0 amide bonds. The summed E-state index contributed by atoms with van der Waals surface area (Å²) in [6.45, 7) is 0.778. The fourth-order valence-corrected chi connectivity index (χ4v) is 16.6. The van der Waals surface area contributed by atoms with Crippen LogP contribution in [0.3, 0.4) is 0 Å². The van der Waals surface area contributed by atoms with Gasteiger partial charge in [0.05, 0.1) is 0 Å². The van der Waals surface area contributed by atoms with Crippen molar-refractivity contribution in [2.24, 2.45) is 0 Å². The molecule has 0 aromatic carbocycles. The molecule has 0 aromatic rings. The van der Waals surface area contributed by atoms with Crippen LogP contribution in [0.2, 0.25) is 9.88 Å². The van der Waals surface area contributed by atoms with Crippen molar-refractivity contribution in [1.82, 2.24) is 0 Å². The summed E-state index contributed by atoms with van der Waals surface area (Å²) >= 11 is 5.48. The molecule has 112 valence electrons. The van der Waals surface area contributed by atoms with Crippen molar-refractivity contribution in [3.05, 3.63) is 0 Å². The molecule has 0 unspecified atom stereocenters. The van der Waals surface area contributed by atoms with Gasteiger partial charge in [0, 0.05) is 0 Å². The minimum absolute atomic E-state index is 0.114. The number of carbonyl (C=O) groups is 2. The second-order valence-electron chi connectivity index (χ2n) is 3.86. The molecular weight excluding hydrogens is 431 g/mol. The third kappa shape index (κ3) is 12.6. The molecule has 19 heavy (non-hydrogen) atoms. The molecule has 0 spiro atoms. The average molecular weight is 451 g/mol. The van der Waals surface area contributed by atoms with E-state index in [0.717, 1.165) is 5.75 Å². The standard InChI is InChI=1S/2C4H8O2S2.2CH3.Sn/c2*5-4(3-8)6-1-2-7;;;/h2*7-8H,1-3H2;2*1H3;/q;;;;+2/p-2. The van der Waals surface area contributed by atoms with Crippen molar-refractivity contribution in [1.29, 1.82) is 0 Å². The summed E-state index contributed by atoms with van der Waals surface area (Å²) in [7, 11) is 3.56. The first-order valence-electron chi connectivity index (χ1n) is 5.72. The van der Waals surface area contributed by atoms with E-state index in [1.807, 2.05) is 8.95 Å². The van der Waals surface area contributed by atoms with Crippen LogP contribution in [0.15, 0.2) is 0 Å². The molecule has 0 radical (unpaired) electrons. The van der Waals surface area contributed by atoms with E-state index in [1.54, 1.807) is 8.95 Å². The van der Waals surface area contributed by atoms with Crippen LogP contribution >= 0.6 is 43.1 Å². The first kappa shape index (κ1) is 20.1. The van der Waals surface area contributed by atoms with E-state index in [9.17, 15) is 9.59 Å².